The molecule has 0 radical (unpaired) electrons. The molecule has 0 aliphatic heterocycles. The molecule has 0 rings (SSSR count). The Bertz CT molecular complexity index is 121. The second-order valence-corrected chi connectivity index (χ2v) is 3.02. The zero-order valence-electron chi connectivity index (χ0n) is 8.13. The number of esters is 1. The molecule has 0 aliphatic carbocycles. The normalized spacial score (nSPS) is 10.3. The topological polar surface area (TPSA) is 35.5 Å². The summed E-state index contributed by atoms with van der Waals surface area (Å²) in [5.41, 5.74) is 0. The lowest BCUT2D eigenvalue weighted by Gasteiger charge is -2.06. The van der Waals surface area contributed by atoms with Crippen molar-refractivity contribution in [2.24, 2.45) is 5.92 Å². The van der Waals surface area contributed by atoms with Gasteiger partial charge < -0.3 is 9.47 Å². The molecule has 0 spiro atoms. The minimum absolute atomic E-state index is 0.169. The van der Waals surface area contributed by atoms with Crippen molar-refractivity contribution in [3.05, 3.63) is 0 Å². The monoisotopic (exact) mass is 174 g/mol. The number of rotatable bonds is 6. The van der Waals surface area contributed by atoms with Crippen LogP contribution in [0, 0.1) is 5.92 Å². The second-order valence-electron chi connectivity index (χ2n) is 3.02. The van der Waals surface area contributed by atoms with E-state index in [1.807, 2.05) is 20.8 Å². The van der Waals surface area contributed by atoms with Crippen LogP contribution in [0.5, 0.6) is 0 Å². The standard InChI is InChI=1S/C9H18O3/c1-4-11-6-5-9(10)12-7-8(2)3/h8H,4-7H2,1-3H3. The van der Waals surface area contributed by atoms with Crippen LogP contribution in [0.2, 0.25) is 0 Å². The van der Waals surface area contributed by atoms with Crippen molar-refractivity contribution in [1.29, 1.82) is 0 Å². The summed E-state index contributed by atoms with van der Waals surface area (Å²) in [6.07, 6.45) is 0.362. The van der Waals surface area contributed by atoms with Crippen molar-refractivity contribution in [2.45, 2.75) is 27.2 Å². The highest BCUT2D eigenvalue weighted by atomic mass is 16.5. The van der Waals surface area contributed by atoms with Crippen LogP contribution in [0.3, 0.4) is 0 Å². The molecule has 0 amide bonds. The number of hydrogen-bond acceptors (Lipinski definition) is 3. The Hall–Kier alpha value is -0.570. The summed E-state index contributed by atoms with van der Waals surface area (Å²) in [6, 6.07) is 0. The third-order valence-corrected chi connectivity index (χ3v) is 1.23. The zero-order valence-corrected chi connectivity index (χ0v) is 8.13. The van der Waals surface area contributed by atoms with Crippen molar-refractivity contribution in [3.8, 4) is 0 Å². The molecule has 0 aliphatic rings. The van der Waals surface area contributed by atoms with Gasteiger partial charge in [-0.1, -0.05) is 13.8 Å². The molecule has 0 atom stereocenters. The number of hydrogen-bond donors (Lipinski definition) is 0. The number of carbonyl (C=O) groups excluding carboxylic acids is 1. The molecule has 3 heteroatoms. The minimum atomic E-state index is -0.169. The molecular formula is C9H18O3. The first-order valence-corrected chi connectivity index (χ1v) is 4.40. The molecule has 0 heterocycles. The predicted octanol–water partition coefficient (Wildman–Crippen LogP) is 1.61. The summed E-state index contributed by atoms with van der Waals surface area (Å²) in [7, 11) is 0. The maximum atomic E-state index is 10.9. The first-order chi connectivity index (χ1) is 5.66. The maximum Gasteiger partial charge on any atom is 0.308 e. The molecule has 0 aromatic heterocycles. The van der Waals surface area contributed by atoms with E-state index in [0.717, 1.165) is 0 Å². The molecule has 12 heavy (non-hydrogen) atoms. The van der Waals surface area contributed by atoms with Crippen LogP contribution in [0.15, 0.2) is 0 Å². The van der Waals surface area contributed by atoms with Gasteiger partial charge in [-0.15, -0.1) is 0 Å². The van der Waals surface area contributed by atoms with Crippen molar-refractivity contribution < 1.29 is 14.3 Å². The summed E-state index contributed by atoms with van der Waals surface area (Å²) in [5.74, 6) is 0.234. The van der Waals surface area contributed by atoms with Crippen LogP contribution < -0.4 is 0 Å². The van der Waals surface area contributed by atoms with Crippen molar-refractivity contribution in [3.63, 3.8) is 0 Å². The highest BCUT2D eigenvalue weighted by Crippen LogP contribution is 1.95. The number of carbonyl (C=O) groups is 1. The third kappa shape index (κ3) is 7.54. The Morgan fingerprint density at radius 1 is 1.42 bits per heavy atom. The van der Waals surface area contributed by atoms with E-state index >= 15 is 0 Å². The lowest BCUT2D eigenvalue weighted by Crippen LogP contribution is -2.12. The summed E-state index contributed by atoms with van der Waals surface area (Å²) in [5, 5.41) is 0. The molecule has 0 saturated carbocycles. The Kier molecular flexibility index (Phi) is 6.76. The van der Waals surface area contributed by atoms with Gasteiger partial charge in [-0.25, -0.2) is 0 Å². The van der Waals surface area contributed by atoms with Crippen LogP contribution in [0.4, 0.5) is 0 Å². The molecule has 0 aromatic rings. The molecule has 3 nitrogen and oxygen atoms in total. The van der Waals surface area contributed by atoms with Gasteiger partial charge in [0.1, 0.15) is 0 Å². The van der Waals surface area contributed by atoms with E-state index in [-0.39, 0.29) is 5.97 Å². The van der Waals surface area contributed by atoms with E-state index in [2.05, 4.69) is 0 Å². The van der Waals surface area contributed by atoms with E-state index in [0.29, 0.717) is 32.2 Å². The highest BCUT2D eigenvalue weighted by molar-refractivity contribution is 5.69. The maximum absolute atomic E-state index is 10.9. The Balaban J connectivity index is 3.22. The van der Waals surface area contributed by atoms with Crippen LogP contribution in [0.1, 0.15) is 27.2 Å². The Labute approximate surface area is 74.0 Å². The van der Waals surface area contributed by atoms with Gasteiger partial charge in [-0.3, -0.25) is 4.79 Å². The summed E-state index contributed by atoms with van der Waals surface area (Å²) < 4.78 is 9.94. The SMILES string of the molecule is CCOCCC(=O)OCC(C)C. The van der Waals surface area contributed by atoms with Gasteiger partial charge >= 0.3 is 5.97 Å². The smallest absolute Gasteiger partial charge is 0.308 e. The zero-order chi connectivity index (χ0) is 9.40. The fourth-order valence-corrected chi connectivity index (χ4v) is 0.632. The van der Waals surface area contributed by atoms with Crippen LogP contribution in [-0.4, -0.2) is 25.8 Å². The van der Waals surface area contributed by atoms with Gasteiger partial charge in [0.15, 0.2) is 0 Å². The van der Waals surface area contributed by atoms with E-state index in [1.165, 1.54) is 0 Å². The Morgan fingerprint density at radius 2 is 2.08 bits per heavy atom. The third-order valence-electron chi connectivity index (χ3n) is 1.23. The minimum Gasteiger partial charge on any atom is -0.465 e. The average molecular weight is 174 g/mol. The molecule has 0 bridgehead atoms. The molecule has 0 fully saturated rings. The summed E-state index contributed by atoms with van der Waals surface area (Å²) in [4.78, 5) is 10.9. The van der Waals surface area contributed by atoms with Crippen molar-refractivity contribution >= 4 is 5.97 Å². The average Bonchev–Trinajstić information content (AvgIpc) is 2.01. The van der Waals surface area contributed by atoms with E-state index in [1.54, 1.807) is 0 Å². The van der Waals surface area contributed by atoms with Crippen molar-refractivity contribution in [2.75, 3.05) is 19.8 Å². The van der Waals surface area contributed by atoms with Crippen LogP contribution >= 0.6 is 0 Å². The summed E-state index contributed by atoms with van der Waals surface area (Å²) in [6.45, 7) is 7.54. The van der Waals surface area contributed by atoms with Crippen LogP contribution in [-0.2, 0) is 14.3 Å². The van der Waals surface area contributed by atoms with Gasteiger partial charge in [0, 0.05) is 6.61 Å². The summed E-state index contributed by atoms with van der Waals surface area (Å²) >= 11 is 0. The molecule has 0 unspecified atom stereocenters. The van der Waals surface area contributed by atoms with Gasteiger partial charge in [0.2, 0.25) is 0 Å². The van der Waals surface area contributed by atoms with Gasteiger partial charge in [-0.05, 0) is 12.8 Å². The largest absolute Gasteiger partial charge is 0.465 e. The molecular weight excluding hydrogens is 156 g/mol. The van der Waals surface area contributed by atoms with Crippen molar-refractivity contribution in [1.82, 2.24) is 0 Å². The molecule has 0 N–H and O–H groups in total. The lowest BCUT2D eigenvalue weighted by atomic mass is 10.2. The fraction of sp³-hybridized carbons (Fsp3) is 0.889. The quantitative estimate of drug-likeness (QED) is 0.453. The first-order valence-electron chi connectivity index (χ1n) is 4.40. The molecule has 0 aromatic carbocycles. The van der Waals surface area contributed by atoms with Gasteiger partial charge in [0.25, 0.3) is 0 Å². The lowest BCUT2D eigenvalue weighted by molar-refractivity contribution is -0.145. The van der Waals surface area contributed by atoms with Gasteiger partial charge in [-0.2, -0.15) is 0 Å². The van der Waals surface area contributed by atoms with E-state index in [9.17, 15) is 4.79 Å². The highest BCUT2D eigenvalue weighted by Gasteiger charge is 2.03. The predicted molar refractivity (Wildman–Crippen MR) is 46.9 cm³/mol. The molecule has 0 saturated heterocycles. The van der Waals surface area contributed by atoms with E-state index in [4.69, 9.17) is 9.47 Å². The van der Waals surface area contributed by atoms with E-state index < -0.39 is 0 Å². The second kappa shape index (κ2) is 7.10. The van der Waals surface area contributed by atoms with Gasteiger partial charge in [0.05, 0.1) is 19.6 Å². The van der Waals surface area contributed by atoms with Crippen LogP contribution in [0.25, 0.3) is 0 Å². The fourth-order valence-electron chi connectivity index (χ4n) is 0.632. The molecule has 72 valence electrons. The Morgan fingerprint density at radius 3 is 2.58 bits per heavy atom. The number of ether oxygens (including phenoxy) is 2. The first kappa shape index (κ1) is 11.4.